The molecule has 0 atom stereocenters. The minimum atomic E-state index is -0.639. The van der Waals surface area contributed by atoms with Crippen LogP contribution >= 0.6 is 11.3 Å². The summed E-state index contributed by atoms with van der Waals surface area (Å²) >= 11 is 1.24. The summed E-state index contributed by atoms with van der Waals surface area (Å²) in [6.07, 6.45) is 0. The van der Waals surface area contributed by atoms with Crippen LogP contribution in [0.15, 0.2) is 35.7 Å². The van der Waals surface area contributed by atoms with E-state index in [1.54, 1.807) is 42.6 Å². The summed E-state index contributed by atoms with van der Waals surface area (Å²) < 4.78 is 9.88. The van der Waals surface area contributed by atoms with Gasteiger partial charge in [0.15, 0.2) is 6.61 Å². The molecular weight excluding hydrogens is 332 g/mol. The SMILES string of the molecule is COc1ccc(C(=O)NNC(=O)COC(=O)c2sccc2C)cc1. The Kier molecular flexibility index (Phi) is 5.91. The summed E-state index contributed by atoms with van der Waals surface area (Å²) in [5, 5.41) is 1.76. The van der Waals surface area contributed by atoms with Gasteiger partial charge in [-0.15, -0.1) is 11.3 Å². The normalized spacial score (nSPS) is 9.92. The summed E-state index contributed by atoms with van der Waals surface area (Å²) in [6, 6.07) is 8.15. The third-order valence-electron chi connectivity index (χ3n) is 3.05. The van der Waals surface area contributed by atoms with E-state index in [1.807, 2.05) is 0 Å². The molecule has 2 rings (SSSR count). The van der Waals surface area contributed by atoms with Gasteiger partial charge in [-0.25, -0.2) is 4.79 Å². The topological polar surface area (TPSA) is 93.7 Å². The number of carbonyl (C=O) groups is 3. The van der Waals surface area contributed by atoms with Crippen molar-refractivity contribution < 1.29 is 23.9 Å². The van der Waals surface area contributed by atoms with Crippen LogP contribution in [-0.4, -0.2) is 31.5 Å². The Bertz CT molecular complexity index is 739. The summed E-state index contributed by atoms with van der Waals surface area (Å²) in [5.74, 6) is -1.09. The molecule has 0 unspecified atom stereocenters. The van der Waals surface area contributed by atoms with Gasteiger partial charge in [-0.2, -0.15) is 0 Å². The van der Waals surface area contributed by atoms with Crippen LogP contribution in [0.5, 0.6) is 5.75 Å². The second kappa shape index (κ2) is 8.11. The van der Waals surface area contributed by atoms with Gasteiger partial charge in [0, 0.05) is 5.56 Å². The highest BCUT2D eigenvalue weighted by molar-refractivity contribution is 7.12. The van der Waals surface area contributed by atoms with E-state index in [9.17, 15) is 14.4 Å². The van der Waals surface area contributed by atoms with Crippen LogP contribution in [0.2, 0.25) is 0 Å². The molecule has 0 aliphatic carbocycles. The number of thiophene rings is 1. The molecule has 0 fully saturated rings. The summed E-state index contributed by atoms with van der Waals surface area (Å²) in [7, 11) is 1.52. The number of benzene rings is 1. The lowest BCUT2D eigenvalue weighted by Gasteiger charge is -2.08. The summed E-state index contributed by atoms with van der Waals surface area (Å²) in [6.45, 7) is 1.29. The number of hydrazine groups is 1. The van der Waals surface area contributed by atoms with Gasteiger partial charge in [0.1, 0.15) is 10.6 Å². The number of carbonyl (C=O) groups excluding carboxylic acids is 3. The average molecular weight is 348 g/mol. The first-order valence-electron chi connectivity index (χ1n) is 6.95. The van der Waals surface area contributed by atoms with Crippen LogP contribution in [0.25, 0.3) is 0 Å². The Balaban J connectivity index is 1.77. The Hall–Kier alpha value is -2.87. The Labute approximate surface area is 142 Å². The van der Waals surface area contributed by atoms with Gasteiger partial charge >= 0.3 is 5.97 Å². The van der Waals surface area contributed by atoms with Crippen molar-refractivity contribution in [2.24, 2.45) is 0 Å². The van der Waals surface area contributed by atoms with E-state index in [-0.39, 0.29) is 0 Å². The van der Waals surface area contributed by atoms with Crippen molar-refractivity contribution in [3.8, 4) is 5.75 Å². The lowest BCUT2D eigenvalue weighted by molar-refractivity contribution is -0.125. The maximum atomic E-state index is 11.8. The standard InChI is InChI=1S/C16H16N2O5S/c1-10-7-8-24-14(10)16(21)23-9-13(19)17-18-15(20)11-3-5-12(22-2)6-4-11/h3-8H,9H2,1-2H3,(H,17,19)(H,18,20). The fourth-order valence-corrected chi connectivity index (χ4v) is 2.57. The van der Waals surface area contributed by atoms with E-state index in [0.717, 1.165) is 5.56 Å². The quantitative estimate of drug-likeness (QED) is 0.633. The second-order valence-corrected chi connectivity index (χ2v) is 5.66. The van der Waals surface area contributed by atoms with E-state index in [4.69, 9.17) is 9.47 Å². The molecule has 0 aliphatic rings. The zero-order chi connectivity index (χ0) is 17.5. The Morgan fingerprint density at radius 1 is 1.08 bits per heavy atom. The molecule has 0 aliphatic heterocycles. The van der Waals surface area contributed by atoms with E-state index in [2.05, 4.69) is 10.9 Å². The molecule has 0 spiro atoms. The molecule has 8 heteroatoms. The number of amides is 2. The van der Waals surface area contributed by atoms with E-state index < -0.39 is 24.4 Å². The molecule has 1 aromatic carbocycles. The molecule has 0 saturated carbocycles. The number of hydrogen-bond donors (Lipinski definition) is 2. The smallest absolute Gasteiger partial charge is 0.349 e. The molecule has 1 heterocycles. The predicted molar refractivity (Wildman–Crippen MR) is 87.9 cm³/mol. The molecule has 7 nitrogen and oxygen atoms in total. The monoisotopic (exact) mass is 348 g/mol. The molecule has 0 radical (unpaired) electrons. The van der Waals surface area contributed by atoms with Crippen molar-refractivity contribution in [1.82, 2.24) is 10.9 Å². The number of methoxy groups -OCH3 is 1. The largest absolute Gasteiger partial charge is 0.497 e. The second-order valence-electron chi connectivity index (χ2n) is 4.74. The van der Waals surface area contributed by atoms with Crippen LogP contribution in [0, 0.1) is 6.92 Å². The highest BCUT2D eigenvalue weighted by Crippen LogP contribution is 2.16. The molecule has 24 heavy (non-hydrogen) atoms. The third-order valence-corrected chi connectivity index (χ3v) is 4.05. The van der Waals surface area contributed by atoms with Crippen molar-refractivity contribution in [2.45, 2.75) is 6.92 Å². The average Bonchev–Trinajstić information content (AvgIpc) is 3.03. The number of ether oxygens (including phenoxy) is 2. The van der Waals surface area contributed by atoms with Crippen molar-refractivity contribution >= 4 is 29.1 Å². The number of rotatable bonds is 5. The minimum absolute atomic E-state index is 0.349. The molecule has 0 saturated heterocycles. The van der Waals surface area contributed by atoms with Gasteiger partial charge in [-0.3, -0.25) is 20.4 Å². The van der Waals surface area contributed by atoms with E-state index >= 15 is 0 Å². The first kappa shape index (κ1) is 17.5. The molecule has 2 N–H and O–H groups in total. The van der Waals surface area contributed by atoms with Crippen LogP contribution in [0.4, 0.5) is 0 Å². The molecular formula is C16H16N2O5S. The van der Waals surface area contributed by atoms with Gasteiger partial charge in [-0.1, -0.05) is 0 Å². The Morgan fingerprint density at radius 3 is 2.38 bits per heavy atom. The van der Waals surface area contributed by atoms with Crippen molar-refractivity contribution in [3.05, 3.63) is 51.7 Å². The number of nitrogens with one attached hydrogen (secondary N) is 2. The first-order valence-corrected chi connectivity index (χ1v) is 7.83. The van der Waals surface area contributed by atoms with Crippen LogP contribution in [0.3, 0.4) is 0 Å². The fourth-order valence-electron chi connectivity index (χ4n) is 1.76. The van der Waals surface area contributed by atoms with E-state index in [1.165, 1.54) is 18.4 Å². The van der Waals surface area contributed by atoms with Crippen molar-refractivity contribution in [3.63, 3.8) is 0 Å². The molecule has 126 valence electrons. The molecule has 2 amide bonds. The molecule has 2 aromatic rings. The van der Waals surface area contributed by atoms with Gasteiger partial charge in [0.2, 0.25) is 0 Å². The lowest BCUT2D eigenvalue weighted by atomic mass is 10.2. The highest BCUT2D eigenvalue weighted by atomic mass is 32.1. The van der Waals surface area contributed by atoms with Gasteiger partial charge < -0.3 is 9.47 Å². The van der Waals surface area contributed by atoms with Crippen LogP contribution in [-0.2, 0) is 9.53 Å². The number of aryl methyl sites for hydroxylation is 1. The summed E-state index contributed by atoms with van der Waals surface area (Å²) in [5.41, 5.74) is 5.56. The first-order chi connectivity index (χ1) is 11.5. The molecule has 1 aromatic heterocycles. The summed E-state index contributed by atoms with van der Waals surface area (Å²) in [4.78, 5) is 35.7. The minimum Gasteiger partial charge on any atom is -0.497 e. The van der Waals surface area contributed by atoms with Crippen molar-refractivity contribution in [2.75, 3.05) is 13.7 Å². The fraction of sp³-hybridized carbons (Fsp3) is 0.188. The maximum Gasteiger partial charge on any atom is 0.349 e. The third kappa shape index (κ3) is 4.56. The predicted octanol–water partition coefficient (Wildman–Crippen LogP) is 1.68. The van der Waals surface area contributed by atoms with Gasteiger partial charge in [-0.05, 0) is 48.2 Å². The number of hydrogen-bond acceptors (Lipinski definition) is 6. The van der Waals surface area contributed by atoms with Crippen molar-refractivity contribution in [1.29, 1.82) is 0 Å². The van der Waals surface area contributed by atoms with Crippen LogP contribution in [0.1, 0.15) is 25.6 Å². The van der Waals surface area contributed by atoms with Crippen LogP contribution < -0.4 is 15.6 Å². The molecule has 0 bridgehead atoms. The lowest BCUT2D eigenvalue weighted by Crippen LogP contribution is -2.43. The highest BCUT2D eigenvalue weighted by Gasteiger charge is 2.14. The van der Waals surface area contributed by atoms with Gasteiger partial charge in [0.25, 0.3) is 11.8 Å². The maximum absolute atomic E-state index is 11.8. The Morgan fingerprint density at radius 2 is 1.79 bits per heavy atom. The van der Waals surface area contributed by atoms with Gasteiger partial charge in [0.05, 0.1) is 7.11 Å². The zero-order valence-corrected chi connectivity index (χ0v) is 13.9. The zero-order valence-electron chi connectivity index (χ0n) is 13.1. The van der Waals surface area contributed by atoms with E-state index in [0.29, 0.717) is 16.2 Å². The number of esters is 1.